The number of aryl methyl sites for hydroxylation is 1. The first-order valence-electron chi connectivity index (χ1n) is 7.08. The van der Waals surface area contributed by atoms with Crippen molar-refractivity contribution in [2.45, 2.75) is 32.1 Å². The van der Waals surface area contributed by atoms with E-state index in [9.17, 15) is 0 Å². The molecular formula is C18H21O. The summed E-state index contributed by atoms with van der Waals surface area (Å²) in [5.41, 5.74) is 1.44. The molecule has 0 saturated carbocycles. The van der Waals surface area contributed by atoms with E-state index in [-0.39, 0.29) is 0 Å². The van der Waals surface area contributed by atoms with Crippen molar-refractivity contribution in [3.8, 4) is 5.75 Å². The smallest absolute Gasteiger partial charge is 0.127 e. The van der Waals surface area contributed by atoms with Gasteiger partial charge in [0, 0.05) is 6.07 Å². The predicted molar refractivity (Wildman–Crippen MR) is 79.4 cm³/mol. The summed E-state index contributed by atoms with van der Waals surface area (Å²) < 4.78 is 5.62. The Bertz CT molecular complexity index is 392. The Morgan fingerprint density at radius 2 is 1.58 bits per heavy atom. The standard InChI is InChI=1S/C18H21O/c1(5-11-17-12-6-3-7-13-17)2-10-16-19-18-14-8-4-9-15-18/h3-4,6-9,12-14H,1-2,5,10-11,16H2. The number of ether oxygens (including phenoxy) is 1. The van der Waals surface area contributed by atoms with Gasteiger partial charge in [-0.15, -0.1) is 0 Å². The Labute approximate surface area is 116 Å². The number of benzene rings is 2. The maximum absolute atomic E-state index is 5.62. The molecule has 0 bridgehead atoms. The fourth-order valence-electron chi connectivity index (χ4n) is 2.08. The van der Waals surface area contributed by atoms with Gasteiger partial charge >= 0.3 is 0 Å². The van der Waals surface area contributed by atoms with Crippen LogP contribution >= 0.6 is 0 Å². The first-order valence-corrected chi connectivity index (χ1v) is 7.08. The molecule has 1 heteroatoms. The second-order valence-electron chi connectivity index (χ2n) is 4.73. The van der Waals surface area contributed by atoms with Gasteiger partial charge in [-0.1, -0.05) is 61.4 Å². The highest BCUT2D eigenvalue weighted by atomic mass is 16.5. The van der Waals surface area contributed by atoms with Gasteiger partial charge in [0.25, 0.3) is 0 Å². The highest BCUT2D eigenvalue weighted by Gasteiger charge is 1.95. The van der Waals surface area contributed by atoms with Crippen molar-refractivity contribution >= 4 is 0 Å². The molecule has 2 aromatic carbocycles. The SMILES string of the molecule is [c]1ccccc1OCCCCCCc1ccccc1. The number of unbranched alkanes of at least 4 members (excludes halogenated alkanes) is 3. The molecule has 0 saturated heterocycles. The molecule has 99 valence electrons. The van der Waals surface area contributed by atoms with Crippen LogP contribution in [-0.4, -0.2) is 6.61 Å². The van der Waals surface area contributed by atoms with E-state index in [2.05, 4.69) is 36.4 Å². The van der Waals surface area contributed by atoms with Gasteiger partial charge in [-0.2, -0.15) is 0 Å². The van der Waals surface area contributed by atoms with Crippen LogP contribution in [0.15, 0.2) is 54.6 Å². The molecule has 1 nitrogen and oxygen atoms in total. The molecule has 0 N–H and O–H groups in total. The lowest BCUT2D eigenvalue weighted by atomic mass is 10.1. The minimum absolute atomic E-state index is 0.797. The van der Waals surface area contributed by atoms with Gasteiger partial charge in [0.05, 0.1) is 6.61 Å². The number of hydrogen-bond donors (Lipinski definition) is 0. The first-order chi connectivity index (χ1) is 9.45. The van der Waals surface area contributed by atoms with Gasteiger partial charge in [-0.25, -0.2) is 0 Å². The highest BCUT2D eigenvalue weighted by Crippen LogP contribution is 2.10. The molecule has 0 aliphatic carbocycles. The Kier molecular flexibility index (Phi) is 6.01. The zero-order valence-corrected chi connectivity index (χ0v) is 11.3. The van der Waals surface area contributed by atoms with Gasteiger partial charge in [0.1, 0.15) is 5.75 Å². The van der Waals surface area contributed by atoms with Crippen LogP contribution in [0.25, 0.3) is 0 Å². The summed E-state index contributed by atoms with van der Waals surface area (Å²) in [5, 5.41) is 0. The van der Waals surface area contributed by atoms with Gasteiger partial charge in [0.2, 0.25) is 0 Å². The summed E-state index contributed by atoms with van der Waals surface area (Å²) in [7, 11) is 0. The Hall–Kier alpha value is -1.76. The van der Waals surface area contributed by atoms with E-state index < -0.39 is 0 Å². The van der Waals surface area contributed by atoms with Gasteiger partial charge in [0.15, 0.2) is 0 Å². The summed E-state index contributed by atoms with van der Waals surface area (Å²) in [6, 6.07) is 21.5. The Morgan fingerprint density at radius 3 is 2.37 bits per heavy atom. The number of rotatable bonds is 8. The van der Waals surface area contributed by atoms with Crippen LogP contribution in [0.1, 0.15) is 31.2 Å². The van der Waals surface area contributed by atoms with Crippen molar-refractivity contribution in [2.75, 3.05) is 6.61 Å². The van der Waals surface area contributed by atoms with Crippen LogP contribution in [-0.2, 0) is 6.42 Å². The maximum Gasteiger partial charge on any atom is 0.127 e. The lowest BCUT2D eigenvalue weighted by molar-refractivity contribution is 0.304. The van der Waals surface area contributed by atoms with Crippen LogP contribution in [0.5, 0.6) is 5.75 Å². The van der Waals surface area contributed by atoms with Gasteiger partial charge in [-0.05, 0) is 30.9 Å². The molecule has 0 atom stereocenters. The molecule has 0 unspecified atom stereocenters. The monoisotopic (exact) mass is 253 g/mol. The van der Waals surface area contributed by atoms with E-state index in [0.717, 1.165) is 18.8 Å². The lowest BCUT2D eigenvalue weighted by Crippen LogP contribution is -1.97. The van der Waals surface area contributed by atoms with Crippen LogP contribution in [0.4, 0.5) is 0 Å². The fraction of sp³-hybridized carbons (Fsp3) is 0.333. The maximum atomic E-state index is 5.62. The molecule has 0 amide bonds. The van der Waals surface area contributed by atoms with E-state index >= 15 is 0 Å². The first kappa shape index (κ1) is 13.7. The van der Waals surface area contributed by atoms with E-state index in [0.29, 0.717) is 0 Å². The summed E-state index contributed by atoms with van der Waals surface area (Å²) in [6.45, 7) is 0.797. The third-order valence-electron chi connectivity index (χ3n) is 3.14. The molecule has 2 rings (SSSR count). The van der Waals surface area contributed by atoms with Crippen LogP contribution in [0.3, 0.4) is 0 Å². The van der Waals surface area contributed by atoms with E-state index in [1.54, 1.807) is 0 Å². The highest BCUT2D eigenvalue weighted by molar-refractivity contribution is 5.19. The van der Waals surface area contributed by atoms with Gasteiger partial charge in [-0.3, -0.25) is 0 Å². The predicted octanol–water partition coefficient (Wildman–Crippen LogP) is 4.67. The molecule has 0 spiro atoms. The topological polar surface area (TPSA) is 9.23 Å². The Morgan fingerprint density at radius 1 is 0.789 bits per heavy atom. The van der Waals surface area contributed by atoms with Crippen molar-refractivity contribution in [1.82, 2.24) is 0 Å². The zero-order valence-electron chi connectivity index (χ0n) is 11.3. The second kappa shape index (κ2) is 8.36. The number of hydrogen-bond acceptors (Lipinski definition) is 1. The average molecular weight is 253 g/mol. The quantitative estimate of drug-likeness (QED) is 0.621. The molecular weight excluding hydrogens is 232 g/mol. The van der Waals surface area contributed by atoms with Crippen LogP contribution in [0, 0.1) is 6.07 Å². The summed E-state index contributed by atoms with van der Waals surface area (Å²) in [4.78, 5) is 0. The van der Waals surface area contributed by atoms with Crippen molar-refractivity contribution in [2.24, 2.45) is 0 Å². The van der Waals surface area contributed by atoms with E-state index in [4.69, 9.17) is 4.74 Å². The molecule has 0 heterocycles. The average Bonchev–Trinajstić information content (AvgIpc) is 2.48. The summed E-state index contributed by atoms with van der Waals surface area (Å²) in [6.07, 6.45) is 6.09. The van der Waals surface area contributed by atoms with Crippen molar-refractivity contribution in [1.29, 1.82) is 0 Å². The fourth-order valence-corrected chi connectivity index (χ4v) is 2.08. The molecule has 1 radical (unpaired) electrons. The summed E-state index contributed by atoms with van der Waals surface area (Å²) in [5.74, 6) is 0.854. The molecule has 19 heavy (non-hydrogen) atoms. The normalized spacial score (nSPS) is 10.3. The summed E-state index contributed by atoms with van der Waals surface area (Å²) >= 11 is 0. The number of para-hydroxylation sites is 1. The largest absolute Gasteiger partial charge is 0.493 e. The third-order valence-corrected chi connectivity index (χ3v) is 3.14. The van der Waals surface area contributed by atoms with E-state index in [1.807, 2.05) is 24.3 Å². The third kappa shape index (κ3) is 5.60. The minimum atomic E-state index is 0.797. The minimum Gasteiger partial charge on any atom is -0.493 e. The van der Waals surface area contributed by atoms with Crippen molar-refractivity contribution in [3.05, 3.63) is 66.2 Å². The Balaban J connectivity index is 1.49. The molecule has 0 fully saturated rings. The zero-order chi connectivity index (χ0) is 13.2. The van der Waals surface area contributed by atoms with E-state index in [1.165, 1.54) is 31.2 Å². The van der Waals surface area contributed by atoms with Crippen molar-refractivity contribution in [3.63, 3.8) is 0 Å². The van der Waals surface area contributed by atoms with Crippen LogP contribution < -0.4 is 4.74 Å². The lowest BCUT2D eigenvalue weighted by Gasteiger charge is -2.05. The molecule has 2 aromatic rings. The van der Waals surface area contributed by atoms with Gasteiger partial charge < -0.3 is 4.74 Å². The molecule has 0 aromatic heterocycles. The van der Waals surface area contributed by atoms with Crippen LogP contribution in [0.2, 0.25) is 0 Å². The molecule has 0 aliphatic rings. The van der Waals surface area contributed by atoms with Crippen molar-refractivity contribution < 1.29 is 4.74 Å². The molecule has 0 aliphatic heterocycles. The second-order valence-corrected chi connectivity index (χ2v) is 4.73.